The third-order valence-corrected chi connectivity index (χ3v) is 6.10. The number of hydrogen-bond donors (Lipinski definition) is 0. The number of rotatable bonds is 12. The topological polar surface area (TPSA) is 30.9 Å². The van der Waals surface area contributed by atoms with Gasteiger partial charge in [0.15, 0.2) is 0 Å². The molecule has 0 aromatic rings. The lowest BCUT2D eigenvalue weighted by Gasteiger charge is -2.24. The summed E-state index contributed by atoms with van der Waals surface area (Å²) in [6.07, 6.45) is 7.64. The normalized spacial score (nSPS) is 12.3. The van der Waals surface area contributed by atoms with E-state index in [9.17, 15) is 0 Å². The molecule has 110 valence electrons. The molecule has 0 heterocycles. The number of nitrogens with zero attached hydrogens (tertiary/aromatic N) is 1. The number of unbranched alkanes of at least 4 members (excludes halogenated alkanes) is 5. The van der Waals surface area contributed by atoms with E-state index in [-0.39, 0.29) is 0 Å². The first-order valence-corrected chi connectivity index (χ1v) is 8.83. The highest BCUT2D eigenvalue weighted by Gasteiger charge is 2.36. The highest BCUT2D eigenvalue weighted by molar-refractivity contribution is 6.60. The van der Waals surface area contributed by atoms with Gasteiger partial charge in [-0.1, -0.05) is 25.7 Å². The summed E-state index contributed by atoms with van der Waals surface area (Å²) in [5.41, 5.74) is 0. The fraction of sp³-hybridized carbons (Fsp3) is 1.00. The van der Waals surface area contributed by atoms with E-state index in [0.717, 1.165) is 12.5 Å². The summed E-state index contributed by atoms with van der Waals surface area (Å²) >= 11 is 0. The Kier molecular flexibility index (Phi) is 11.0. The molecule has 0 saturated heterocycles. The van der Waals surface area contributed by atoms with Crippen LogP contribution in [0.5, 0.6) is 0 Å². The van der Waals surface area contributed by atoms with Gasteiger partial charge in [0.1, 0.15) is 0 Å². The lowest BCUT2D eigenvalue weighted by Crippen LogP contribution is -2.42. The molecule has 0 N–H and O–H groups in total. The molecule has 0 bridgehead atoms. The van der Waals surface area contributed by atoms with Gasteiger partial charge in [0, 0.05) is 27.4 Å². The molecule has 0 spiro atoms. The Bertz CT molecular complexity index is 179. The Morgan fingerprint density at radius 1 is 0.722 bits per heavy atom. The molecule has 0 aliphatic carbocycles. The van der Waals surface area contributed by atoms with Crippen LogP contribution in [0.4, 0.5) is 0 Å². The monoisotopic (exact) mass is 277 g/mol. The molecular formula is C13H31NO3Si. The smallest absolute Gasteiger partial charge is 0.377 e. The van der Waals surface area contributed by atoms with Crippen molar-refractivity contribution in [2.24, 2.45) is 0 Å². The predicted molar refractivity (Wildman–Crippen MR) is 77.8 cm³/mol. The van der Waals surface area contributed by atoms with Gasteiger partial charge in [-0.3, -0.25) is 0 Å². The van der Waals surface area contributed by atoms with Gasteiger partial charge in [-0.2, -0.15) is 0 Å². The van der Waals surface area contributed by atoms with E-state index in [0.29, 0.717) is 0 Å². The van der Waals surface area contributed by atoms with E-state index < -0.39 is 8.80 Å². The van der Waals surface area contributed by atoms with Crippen molar-refractivity contribution in [3.63, 3.8) is 0 Å². The van der Waals surface area contributed by atoms with Gasteiger partial charge >= 0.3 is 8.80 Å². The lowest BCUT2D eigenvalue weighted by molar-refractivity contribution is 0.122. The zero-order valence-electron chi connectivity index (χ0n) is 12.8. The summed E-state index contributed by atoms with van der Waals surface area (Å²) < 4.78 is 16.2. The van der Waals surface area contributed by atoms with Gasteiger partial charge in [0.05, 0.1) is 0 Å². The average molecular weight is 277 g/mol. The third kappa shape index (κ3) is 8.21. The van der Waals surface area contributed by atoms with Gasteiger partial charge in [0.2, 0.25) is 0 Å². The van der Waals surface area contributed by atoms with E-state index >= 15 is 0 Å². The van der Waals surface area contributed by atoms with Gasteiger partial charge < -0.3 is 18.2 Å². The van der Waals surface area contributed by atoms with Crippen molar-refractivity contribution in [1.29, 1.82) is 0 Å². The molecule has 0 saturated carbocycles. The number of hydrogen-bond acceptors (Lipinski definition) is 4. The van der Waals surface area contributed by atoms with E-state index in [1.54, 1.807) is 21.3 Å². The predicted octanol–water partition coefficient (Wildman–Crippen LogP) is 2.77. The lowest BCUT2D eigenvalue weighted by atomic mass is 10.1. The summed E-state index contributed by atoms with van der Waals surface area (Å²) in [6.45, 7) is 1.20. The van der Waals surface area contributed by atoms with Crippen molar-refractivity contribution < 1.29 is 13.3 Å². The van der Waals surface area contributed by atoms with Crippen LogP contribution in [0.1, 0.15) is 38.5 Å². The Morgan fingerprint density at radius 3 is 1.61 bits per heavy atom. The third-order valence-electron chi connectivity index (χ3n) is 3.27. The first kappa shape index (κ1) is 18.1. The highest BCUT2D eigenvalue weighted by atomic mass is 28.4. The molecule has 18 heavy (non-hydrogen) atoms. The summed E-state index contributed by atoms with van der Waals surface area (Å²) in [6, 6.07) is 0.925. The fourth-order valence-corrected chi connectivity index (χ4v) is 3.83. The maximum Gasteiger partial charge on any atom is 0.500 e. The first-order valence-electron chi connectivity index (χ1n) is 6.90. The van der Waals surface area contributed by atoms with Crippen LogP contribution in [0.15, 0.2) is 0 Å². The van der Waals surface area contributed by atoms with Crippen LogP contribution >= 0.6 is 0 Å². The van der Waals surface area contributed by atoms with Crippen molar-refractivity contribution in [3.8, 4) is 0 Å². The molecular weight excluding hydrogens is 246 g/mol. The van der Waals surface area contributed by atoms with Crippen LogP contribution in [0.3, 0.4) is 0 Å². The minimum Gasteiger partial charge on any atom is -0.377 e. The molecule has 0 amide bonds. The standard InChI is InChI=1S/C13H31NO3Si/c1-14(2)12-10-8-6-7-9-11-13-18(15-3,16-4)17-5/h6-13H2,1-5H3. The molecule has 0 aromatic carbocycles. The molecule has 0 aromatic heterocycles. The second kappa shape index (κ2) is 10.9. The van der Waals surface area contributed by atoms with Crippen molar-refractivity contribution in [2.45, 2.75) is 44.6 Å². The molecule has 0 radical (unpaired) electrons. The zero-order valence-corrected chi connectivity index (χ0v) is 13.8. The van der Waals surface area contributed by atoms with Crippen molar-refractivity contribution in [3.05, 3.63) is 0 Å². The van der Waals surface area contributed by atoms with E-state index in [2.05, 4.69) is 19.0 Å². The summed E-state index contributed by atoms with van der Waals surface area (Å²) in [5.74, 6) is 0. The second-order valence-electron chi connectivity index (χ2n) is 4.97. The quantitative estimate of drug-likeness (QED) is 0.405. The average Bonchev–Trinajstić information content (AvgIpc) is 2.38. The Labute approximate surface area is 114 Å². The van der Waals surface area contributed by atoms with E-state index in [4.69, 9.17) is 13.3 Å². The maximum absolute atomic E-state index is 5.40. The van der Waals surface area contributed by atoms with Crippen LogP contribution in [0, 0.1) is 0 Å². The zero-order chi connectivity index (χ0) is 13.9. The summed E-state index contributed by atoms with van der Waals surface area (Å²) in [7, 11) is 6.99. The minimum atomic E-state index is -2.31. The second-order valence-corrected chi connectivity index (χ2v) is 8.06. The van der Waals surface area contributed by atoms with Gasteiger partial charge in [0.25, 0.3) is 0 Å². The SMILES string of the molecule is CO[Si](CCCCCCCCN(C)C)(OC)OC. The van der Waals surface area contributed by atoms with Crippen LogP contribution in [0.25, 0.3) is 0 Å². The molecule has 0 atom stereocenters. The Balaban J connectivity index is 3.44. The fourth-order valence-electron chi connectivity index (χ4n) is 2.03. The maximum atomic E-state index is 5.40. The van der Waals surface area contributed by atoms with Gasteiger partial charge in [-0.15, -0.1) is 0 Å². The highest BCUT2D eigenvalue weighted by Crippen LogP contribution is 2.18. The Hall–Kier alpha value is 0.0569. The molecule has 0 unspecified atom stereocenters. The minimum absolute atomic E-state index is 0.925. The molecule has 0 rings (SSSR count). The summed E-state index contributed by atoms with van der Waals surface area (Å²) in [4.78, 5) is 2.25. The van der Waals surface area contributed by atoms with Gasteiger partial charge in [-0.05, 0) is 33.5 Å². The Morgan fingerprint density at radius 2 is 1.17 bits per heavy atom. The van der Waals surface area contributed by atoms with E-state index in [1.165, 1.54) is 38.6 Å². The van der Waals surface area contributed by atoms with E-state index in [1.807, 2.05) is 0 Å². The molecule has 0 aliphatic rings. The van der Waals surface area contributed by atoms with Crippen molar-refractivity contribution in [1.82, 2.24) is 4.90 Å². The van der Waals surface area contributed by atoms with Crippen LogP contribution in [0.2, 0.25) is 6.04 Å². The van der Waals surface area contributed by atoms with Crippen molar-refractivity contribution >= 4 is 8.80 Å². The molecule has 4 nitrogen and oxygen atoms in total. The van der Waals surface area contributed by atoms with Gasteiger partial charge in [-0.25, -0.2) is 0 Å². The van der Waals surface area contributed by atoms with Crippen LogP contribution in [-0.4, -0.2) is 55.7 Å². The molecule has 0 fully saturated rings. The van der Waals surface area contributed by atoms with Crippen LogP contribution < -0.4 is 0 Å². The van der Waals surface area contributed by atoms with Crippen molar-refractivity contribution in [2.75, 3.05) is 42.0 Å². The van der Waals surface area contributed by atoms with Crippen LogP contribution in [-0.2, 0) is 13.3 Å². The molecule has 5 heteroatoms. The first-order chi connectivity index (χ1) is 8.60. The largest absolute Gasteiger partial charge is 0.500 e. The summed E-state index contributed by atoms with van der Waals surface area (Å²) in [5, 5.41) is 0. The molecule has 0 aliphatic heterocycles.